The lowest BCUT2D eigenvalue weighted by atomic mass is 10.1. The highest BCUT2D eigenvalue weighted by molar-refractivity contribution is 6.30. The summed E-state index contributed by atoms with van der Waals surface area (Å²) in [5.41, 5.74) is -3.86. The van der Waals surface area contributed by atoms with Gasteiger partial charge in [0.25, 0.3) is 11.6 Å². The van der Waals surface area contributed by atoms with Gasteiger partial charge >= 0.3 is 6.18 Å². The summed E-state index contributed by atoms with van der Waals surface area (Å²) in [6.07, 6.45) is -4.66. The van der Waals surface area contributed by atoms with E-state index in [1.54, 1.807) is 0 Å². The molecule has 1 aliphatic heterocycles. The number of benzene rings is 1. The van der Waals surface area contributed by atoms with Crippen molar-refractivity contribution in [2.45, 2.75) is 32.0 Å². The van der Waals surface area contributed by atoms with Gasteiger partial charge < -0.3 is 9.84 Å². The van der Waals surface area contributed by atoms with Crippen LogP contribution in [0.25, 0.3) is 0 Å². The first-order valence-electron chi connectivity index (χ1n) is 7.80. The summed E-state index contributed by atoms with van der Waals surface area (Å²) < 4.78 is 59.2. The van der Waals surface area contributed by atoms with Crippen LogP contribution < -0.4 is 4.74 Å². The van der Waals surface area contributed by atoms with Crippen LogP contribution in [0.1, 0.15) is 23.8 Å². The van der Waals surface area contributed by atoms with Crippen molar-refractivity contribution in [2.75, 3.05) is 0 Å². The molecule has 0 saturated carbocycles. The number of hydrogen-bond donors (Lipinski definition) is 1. The van der Waals surface area contributed by atoms with Crippen LogP contribution in [0.3, 0.4) is 0 Å². The molecule has 28 heavy (non-hydrogen) atoms. The second-order valence-corrected chi connectivity index (χ2v) is 6.44. The zero-order chi connectivity index (χ0) is 20.7. The van der Waals surface area contributed by atoms with Crippen LogP contribution >= 0.6 is 11.6 Å². The van der Waals surface area contributed by atoms with Gasteiger partial charge in [-0.05, 0) is 25.1 Å². The quantitative estimate of drug-likeness (QED) is 0.770. The molecular formula is C16H13ClF4N4O3. The molecule has 0 unspecified atom stereocenters. The minimum atomic E-state index is -5.10. The molecule has 0 spiro atoms. The molecule has 1 aromatic heterocycles. The molecule has 7 nitrogen and oxygen atoms in total. The molecule has 1 aromatic carbocycles. The molecule has 3 rings (SSSR count). The van der Waals surface area contributed by atoms with Crippen molar-refractivity contribution in [3.63, 3.8) is 0 Å². The Hall–Kier alpha value is -2.66. The standard InChI is InChI=1S/C16H13ClF4N4O3/c1-9-7-15(27,16(19,20)21)25(22-9)14(26)13-4-5-24(23-13)8-28-10-2-3-12(18)11(17)6-10/h2-6,27H,7-8H2,1H3/t15-/m1/s1. The summed E-state index contributed by atoms with van der Waals surface area (Å²) in [5.74, 6) is -1.62. The lowest BCUT2D eigenvalue weighted by Crippen LogP contribution is -2.56. The molecule has 0 fully saturated rings. The number of ether oxygens (including phenoxy) is 1. The monoisotopic (exact) mass is 420 g/mol. The lowest BCUT2D eigenvalue weighted by molar-refractivity contribution is -0.297. The highest BCUT2D eigenvalue weighted by Crippen LogP contribution is 2.40. The van der Waals surface area contributed by atoms with Gasteiger partial charge in [0.2, 0.25) is 0 Å². The van der Waals surface area contributed by atoms with Crippen molar-refractivity contribution in [3.8, 4) is 5.75 Å². The van der Waals surface area contributed by atoms with Crippen molar-refractivity contribution >= 4 is 23.2 Å². The molecule has 0 aliphatic carbocycles. The van der Waals surface area contributed by atoms with Crippen LogP contribution in [-0.4, -0.2) is 43.4 Å². The third-order valence-electron chi connectivity index (χ3n) is 3.88. The average Bonchev–Trinajstić information content (AvgIpc) is 3.20. The molecule has 0 bridgehead atoms. The van der Waals surface area contributed by atoms with Crippen LogP contribution in [-0.2, 0) is 6.73 Å². The number of carbonyl (C=O) groups excluding carboxylic acids is 1. The molecule has 12 heteroatoms. The van der Waals surface area contributed by atoms with Crippen molar-refractivity contribution < 1.29 is 32.2 Å². The van der Waals surface area contributed by atoms with Crippen molar-refractivity contribution in [1.82, 2.24) is 14.8 Å². The molecule has 1 amide bonds. The van der Waals surface area contributed by atoms with Crippen LogP contribution in [0.2, 0.25) is 5.02 Å². The summed E-state index contributed by atoms with van der Waals surface area (Å²) >= 11 is 5.63. The van der Waals surface area contributed by atoms with E-state index in [1.807, 2.05) is 0 Å². The van der Waals surface area contributed by atoms with Gasteiger partial charge in [0.15, 0.2) is 12.4 Å². The van der Waals surface area contributed by atoms with Gasteiger partial charge in [0.1, 0.15) is 11.6 Å². The summed E-state index contributed by atoms with van der Waals surface area (Å²) in [7, 11) is 0. The maximum Gasteiger partial charge on any atom is 0.438 e. The van der Waals surface area contributed by atoms with Crippen LogP contribution in [0.15, 0.2) is 35.6 Å². The number of carbonyl (C=O) groups is 1. The Morgan fingerprint density at radius 2 is 2.11 bits per heavy atom. The number of rotatable bonds is 4. The molecular weight excluding hydrogens is 408 g/mol. The lowest BCUT2D eigenvalue weighted by Gasteiger charge is -2.32. The van der Waals surface area contributed by atoms with Crippen LogP contribution in [0, 0.1) is 5.82 Å². The van der Waals surface area contributed by atoms with Crippen LogP contribution in [0.5, 0.6) is 5.75 Å². The van der Waals surface area contributed by atoms with E-state index >= 15 is 0 Å². The number of halogens is 5. The Morgan fingerprint density at radius 1 is 1.39 bits per heavy atom. The third-order valence-corrected chi connectivity index (χ3v) is 4.17. The van der Waals surface area contributed by atoms with Gasteiger partial charge in [0.05, 0.1) is 5.02 Å². The molecule has 0 saturated heterocycles. The number of amides is 1. The first kappa shape index (κ1) is 20.1. The van der Waals surface area contributed by atoms with E-state index in [0.29, 0.717) is 0 Å². The van der Waals surface area contributed by atoms with Gasteiger partial charge in [-0.25, -0.2) is 9.07 Å². The number of aromatic nitrogens is 2. The topological polar surface area (TPSA) is 80.0 Å². The second kappa shape index (κ2) is 7.06. The Balaban J connectivity index is 1.74. The average molecular weight is 421 g/mol. The molecule has 1 aliphatic rings. The highest BCUT2D eigenvalue weighted by atomic mass is 35.5. The fraction of sp³-hybridized carbons (Fsp3) is 0.312. The van der Waals surface area contributed by atoms with E-state index in [0.717, 1.165) is 16.8 Å². The first-order valence-corrected chi connectivity index (χ1v) is 8.18. The maximum atomic E-state index is 13.2. The van der Waals surface area contributed by atoms with E-state index in [9.17, 15) is 27.5 Å². The predicted octanol–water partition coefficient (Wildman–Crippen LogP) is 3.18. The minimum absolute atomic E-state index is 0.0182. The Labute approximate surface area is 160 Å². The highest BCUT2D eigenvalue weighted by Gasteiger charge is 2.63. The smallest absolute Gasteiger partial charge is 0.438 e. The number of aliphatic hydroxyl groups is 1. The summed E-state index contributed by atoms with van der Waals surface area (Å²) in [6, 6.07) is 4.81. The zero-order valence-corrected chi connectivity index (χ0v) is 15.0. The molecule has 0 radical (unpaired) electrons. The Bertz CT molecular complexity index is 946. The number of alkyl halides is 3. The van der Waals surface area contributed by atoms with Gasteiger partial charge in [-0.3, -0.25) is 4.79 Å². The van der Waals surface area contributed by atoms with E-state index < -0.39 is 30.0 Å². The number of hydrogen-bond acceptors (Lipinski definition) is 5. The zero-order valence-electron chi connectivity index (χ0n) is 14.2. The van der Waals surface area contributed by atoms with Crippen molar-refractivity contribution in [2.24, 2.45) is 5.10 Å². The SMILES string of the molecule is CC1=NN(C(=O)c2ccn(COc3ccc(F)c(Cl)c3)n2)[C@](O)(C(F)(F)F)C1. The van der Waals surface area contributed by atoms with Crippen molar-refractivity contribution in [1.29, 1.82) is 0 Å². The Morgan fingerprint density at radius 3 is 2.75 bits per heavy atom. The Kier molecular flexibility index (Phi) is 5.06. The third kappa shape index (κ3) is 3.67. The van der Waals surface area contributed by atoms with E-state index in [1.165, 1.54) is 25.3 Å². The molecule has 2 heterocycles. The van der Waals surface area contributed by atoms with Crippen molar-refractivity contribution in [3.05, 3.63) is 47.0 Å². The fourth-order valence-corrected chi connectivity index (χ4v) is 2.69. The molecule has 150 valence electrons. The summed E-state index contributed by atoms with van der Waals surface area (Å²) in [5, 5.41) is 17.1. The summed E-state index contributed by atoms with van der Waals surface area (Å²) in [4.78, 5) is 12.4. The minimum Gasteiger partial charge on any atom is -0.471 e. The van der Waals surface area contributed by atoms with E-state index in [-0.39, 0.29) is 33.9 Å². The maximum absolute atomic E-state index is 13.2. The fourth-order valence-electron chi connectivity index (χ4n) is 2.52. The second-order valence-electron chi connectivity index (χ2n) is 6.03. The predicted molar refractivity (Wildman–Crippen MR) is 89.2 cm³/mol. The number of nitrogens with zero attached hydrogens (tertiary/aromatic N) is 4. The summed E-state index contributed by atoms with van der Waals surface area (Å²) in [6.45, 7) is 1.05. The van der Waals surface area contributed by atoms with Crippen LogP contribution in [0.4, 0.5) is 17.6 Å². The molecule has 1 N–H and O–H groups in total. The van der Waals surface area contributed by atoms with Gasteiger partial charge in [-0.1, -0.05) is 11.6 Å². The van der Waals surface area contributed by atoms with Gasteiger partial charge in [-0.15, -0.1) is 0 Å². The van der Waals surface area contributed by atoms with E-state index in [2.05, 4.69) is 10.2 Å². The van der Waals surface area contributed by atoms with Gasteiger partial charge in [0, 0.05) is 24.4 Å². The largest absolute Gasteiger partial charge is 0.471 e. The number of hydrazone groups is 1. The molecule has 2 aromatic rings. The van der Waals surface area contributed by atoms with Gasteiger partial charge in [-0.2, -0.15) is 28.4 Å². The van der Waals surface area contributed by atoms with E-state index in [4.69, 9.17) is 16.3 Å². The molecule has 1 atom stereocenters. The normalized spacial score (nSPS) is 19.7. The first-order chi connectivity index (χ1) is 13.0.